The van der Waals surface area contributed by atoms with Gasteiger partial charge in [0.05, 0.1) is 5.97 Å². The summed E-state index contributed by atoms with van der Waals surface area (Å²) < 4.78 is -1.59. The summed E-state index contributed by atoms with van der Waals surface area (Å²) in [5.74, 6) is -1.38. The average molecular weight is 407 g/mol. The maximum Gasteiger partial charge on any atom is 1.00 e. The second kappa shape index (κ2) is 9.55. The molecule has 0 heterocycles. The van der Waals surface area contributed by atoms with Crippen molar-refractivity contribution in [2.75, 3.05) is 0 Å². The number of carbonyl (C=O) groups is 2. The van der Waals surface area contributed by atoms with Crippen LogP contribution >= 0.6 is 24.4 Å². The van der Waals surface area contributed by atoms with Crippen LogP contribution in [0.2, 0.25) is 0 Å². The molecule has 1 unspecified atom stereocenters. The van der Waals surface area contributed by atoms with E-state index in [1.807, 2.05) is 42.5 Å². The molecule has 0 radical (unpaired) electrons. The minimum atomic E-state index is -1.59. The van der Waals surface area contributed by atoms with Crippen LogP contribution in [0.15, 0.2) is 88.2 Å². The zero-order valence-electron chi connectivity index (χ0n) is 14.2. The summed E-state index contributed by atoms with van der Waals surface area (Å²) in [6.07, 6.45) is 4.64. The first-order valence-electron chi connectivity index (χ1n) is 7.69. The average Bonchev–Trinajstić information content (AvgIpc) is 2.63. The number of carbonyl (C=O) groups excluding carboxylic acids is 2. The van der Waals surface area contributed by atoms with E-state index >= 15 is 0 Å². The van der Waals surface area contributed by atoms with Gasteiger partial charge in [0.1, 0.15) is 4.75 Å². The minimum absolute atomic E-state index is 0. The molecule has 0 fully saturated rings. The molecule has 0 amide bonds. The van der Waals surface area contributed by atoms with Gasteiger partial charge in [-0.2, -0.15) is 12.6 Å². The van der Waals surface area contributed by atoms with Crippen LogP contribution in [0.3, 0.4) is 0 Å². The summed E-state index contributed by atoms with van der Waals surface area (Å²) in [5, 5.41) is 11.8. The summed E-state index contributed by atoms with van der Waals surface area (Å²) >= 11 is 6.00. The third kappa shape index (κ3) is 4.81. The van der Waals surface area contributed by atoms with Crippen LogP contribution in [0.25, 0.3) is 0 Å². The van der Waals surface area contributed by atoms with E-state index in [9.17, 15) is 14.7 Å². The molecule has 3 nitrogen and oxygen atoms in total. The molecule has 6 heteroatoms. The molecule has 0 saturated carbocycles. The van der Waals surface area contributed by atoms with Gasteiger partial charge in [-0.15, -0.1) is 0 Å². The van der Waals surface area contributed by atoms with Crippen molar-refractivity contribution in [3.63, 3.8) is 0 Å². The Morgan fingerprint density at radius 1 is 1.00 bits per heavy atom. The van der Waals surface area contributed by atoms with Crippen LogP contribution < -0.4 is 56.5 Å². The van der Waals surface area contributed by atoms with E-state index in [0.29, 0.717) is 11.1 Å². The van der Waals surface area contributed by atoms with Gasteiger partial charge in [0.2, 0.25) is 0 Å². The third-order valence-electron chi connectivity index (χ3n) is 3.94. The van der Waals surface area contributed by atoms with Crippen molar-refractivity contribution < 1.29 is 66.1 Å². The van der Waals surface area contributed by atoms with E-state index in [1.165, 1.54) is 12.2 Å². The number of allylic oxidation sites excluding steroid dienone is 3. The van der Waals surface area contributed by atoms with Gasteiger partial charge < -0.3 is 9.90 Å². The number of carboxylic acid groups (broad SMARTS) is 1. The molecule has 0 spiro atoms. The predicted octanol–water partition coefficient (Wildman–Crippen LogP) is 0.172. The molecule has 2 aromatic rings. The van der Waals surface area contributed by atoms with Crippen LogP contribution in [0.5, 0.6) is 0 Å². The Labute approximate surface area is 204 Å². The number of rotatable bonds is 5. The largest absolute Gasteiger partial charge is 1.00 e. The van der Waals surface area contributed by atoms with Gasteiger partial charge in [-0.1, -0.05) is 54.2 Å². The second-order valence-electron chi connectivity index (χ2n) is 5.60. The molecule has 0 N–H and O–H groups in total. The van der Waals surface area contributed by atoms with Crippen LogP contribution in [0.4, 0.5) is 0 Å². The van der Waals surface area contributed by atoms with E-state index in [-0.39, 0.29) is 63.6 Å². The van der Waals surface area contributed by atoms with Gasteiger partial charge in [0.15, 0.2) is 5.78 Å². The standard InChI is InChI=1S/C20H16O3S2.K/c21-16-10-6-14(7-11-16)20(24,19(22)23)15-8-12-18(13-9-15)25-17-4-2-1-3-5-17;/h1-10,12-13,24H,11H2,(H,22,23);/q;+1/p-1. The van der Waals surface area contributed by atoms with Gasteiger partial charge in [0.25, 0.3) is 0 Å². The van der Waals surface area contributed by atoms with Crippen molar-refractivity contribution in [3.05, 3.63) is 84.0 Å². The number of carboxylic acids is 1. The van der Waals surface area contributed by atoms with Gasteiger partial charge >= 0.3 is 51.4 Å². The topological polar surface area (TPSA) is 57.2 Å². The molecule has 0 saturated heterocycles. The van der Waals surface area contributed by atoms with Crippen LogP contribution in [0, 0.1) is 0 Å². The van der Waals surface area contributed by atoms with E-state index in [0.717, 1.165) is 9.79 Å². The van der Waals surface area contributed by atoms with Gasteiger partial charge in [-0.05, 0) is 41.5 Å². The van der Waals surface area contributed by atoms with E-state index in [2.05, 4.69) is 12.6 Å². The molecule has 126 valence electrons. The minimum Gasteiger partial charge on any atom is -0.548 e. The van der Waals surface area contributed by atoms with Crippen molar-refractivity contribution >= 4 is 36.1 Å². The van der Waals surface area contributed by atoms with E-state index in [4.69, 9.17) is 0 Å². The molecule has 2 aromatic carbocycles. The molecule has 1 aliphatic rings. The summed E-state index contributed by atoms with van der Waals surface area (Å²) in [5.41, 5.74) is 0.942. The summed E-state index contributed by atoms with van der Waals surface area (Å²) in [6, 6.07) is 17.1. The molecule has 26 heavy (non-hydrogen) atoms. The normalized spacial score (nSPS) is 15.6. The molecular weight excluding hydrogens is 391 g/mol. The maximum absolute atomic E-state index is 11.8. The van der Waals surface area contributed by atoms with Gasteiger partial charge in [-0.25, -0.2) is 0 Å². The van der Waals surface area contributed by atoms with Crippen molar-refractivity contribution in [2.45, 2.75) is 21.0 Å². The number of aliphatic carboxylic acids is 1. The first-order valence-corrected chi connectivity index (χ1v) is 8.95. The second-order valence-corrected chi connectivity index (χ2v) is 7.42. The number of ketones is 1. The first-order chi connectivity index (χ1) is 12.0. The van der Waals surface area contributed by atoms with Crippen molar-refractivity contribution in [3.8, 4) is 0 Å². The molecule has 1 atom stereocenters. The monoisotopic (exact) mass is 406 g/mol. The van der Waals surface area contributed by atoms with Crippen LogP contribution in [-0.2, 0) is 14.3 Å². The van der Waals surface area contributed by atoms with Crippen molar-refractivity contribution in [2.24, 2.45) is 0 Å². The zero-order chi connectivity index (χ0) is 17.9. The zero-order valence-corrected chi connectivity index (χ0v) is 19.0. The SMILES string of the molecule is O=C1C=CC(C(S)(C(=O)[O-])c2ccc(Sc3ccccc3)cc2)=CC1.[K+]. The summed E-state index contributed by atoms with van der Waals surface area (Å²) in [7, 11) is 0. The quantitative estimate of drug-likeness (QED) is 0.568. The summed E-state index contributed by atoms with van der Waals surface area (Å²) in [6.45, 7) is 0. The van der Waals surface area contributed by atoms with Crippen LogP contribution in [0.1, 0.15) is 12.0 Å². The number of benzene rings is 2. The molecular formula is C20H15KO3S2. The fraction of sp³-hybridized carbons (Fsp3) is 0.100. The smallest absolute Gasteiger partial charge is 0.548 e. The number of hydrogen-bond acceptors (Lipinski definition) is 5. The van der Waals surface area contributed by atoms with E-state index < -0.39 is 10.7 Å². The first kappa shape index (κ1) is 21.7. The number of thiol groups is 1. The Morgan fingerprint density at radius 2 is 1.62 bits per heavy atom. The molecule has 0 aliphatic heterocycles. The Balaban J connectivity index is 0.00000243. The molecule has 3 rings (SSSR count). The molecule has 0 bridgehead atoms. The van der Waals surface area contributed by atoms with Crippen molar-refractivity contribution in [1.29, 1.82) is 0 Å². The molecule has 0 aromatic heterocycles. The summed E-state index contributed by atoms with van der Waals surface area (Å²) in [4.78, 5) is 25.3. The number of hydrogen-bond donors (Lipinski definition) is 1. The Bertz CT molecular complexity index is 860. The van der Waals surface area contributed by atoms with Crippen molar-refractivity contribution in [1.82, 2.24) is 0 Å². The molecule has 1 aliphatic carbocycles. The fourth-order valence-corrected chi connectivity index (χ4v) is 3.74. The predicted molar refractivity (Wildman–Crippen MR) is 99.5 cm³/mol. The maximum atomic E-state index is 11.8. The third-order valence-corrected chi connectivity index (χ3v) is 5.65. The van der Waals surface area contributed by atoms with Gasteiger partial charge in [-0.3, -0.25) is 4.79 Å². The van der Waals surface area contributed by atoms with Crippen LogP contribution in [-0.4, -0.2) is 11.8 Å². The fourth-order valence-electron chi connectivity index (χ4n) is 2.59. The van der Waals surface area contributed by atoms with Gasteiger partial charge in [0, 0.05) is 16.2 Å². The van der Waals surface area contributed by atoms with E-state index in [1.54, 1.807) is 30.0 Å². The Morgan fingerprint density at radius 3 is 2.15 bits per heavy atom. The Hall–Kier alpha value is -0.604. The Kier molecular flexibility index (Phi) is 7.97.